The molecule has 0 radical (unpaired) electrons. The minimum atomic E-state index is -0.574. The van der Waals surface area contributed by atoms with Gasteiger partial charge in [0.2, 0.25) is 0 Å². The van der Waals surface area contributed by atoms with Gasteiger partial charge in [-0.3, -0.25) is 14.5 Å². The van der Waals surface area contributed by atoms with E-state index in [-0.39, 0.29) is 17.0 Å². The largest absolute Gasteiger partial charge is 0.422 e. The second-order valence-corrected chi connectivity index (χ2v) is 7.85. The van der Waals surface area contributed by atoms with Gasteiger partial charge in [-0.1, -0.05) is 47.5 Å². The molecule has 1 saturated heterocycles. The predicted molar refractivity (Wildman–Crippen MR) is 110 cm³/mol. The summed E-state index contributed by atoms with van der Waals surface area (Å²) in [6, 6.07) is 13.6. The van der Waals surface area contributed by atoms with E-state index < -0.39 is 16.8 Å². The van der Waals surface area contributed by atoms with E-state index in [0.29, 0.717) is 21.2 Å². The minimum absolute atomic E-state index is 0.0607. The van der Waals surface area contributed by atoms with Crippen molar-refractivity contribution in [3.8, 4) is 0 Å². The standard InChI is InChI=1S/C20H11Cl2NO4S/c21-14-6-5-11(7-15(14)22)10-23-18(24)17(28-20(23)26)9-13-8-12-3-1-2-4-16(12)27-19(13)25/h1-9H,10H2/b17-9+. The Morgan fingerprint density at radius 1 is 1.00 bits per heavy atom. The van der Waals surface area contributed by atoms with Gasteiger partial charge in [0, 0.05) is 5.39 Å². The molecular formula is C20H11Cl2NO4S. The molecule has 3 aromatic rings. The van der Waals surface area contributed by atoms with Crippen LogP contribution in [0.5, 0.6) is 0 Å². The van der Waals surface area contributed by atoms with E-state index in [2.05, 4.69) is 0 Å². The summed E-state index contributed by atoms with van der Waals surface area (Å²) in [5, 5.41) is 1.04. The van der Waals surface area contributed by atoms with Crippen LogP contribution in [0.1, 0.15) is 11.1 Å². The molecule has 0 spiro atoms. The van der Waals surface area contributed by atoms with Crippen molar-refractivity contribution in [3.05, 3.63) is 85.0 Å². The molecule has 8 heteroatoms. The molecule has 1 aromatic heterocycles. The number of hydrogen-bond acceptors (Lipinski definition) is 5. The number of amides is 2. The maximum Gasteiger partial charge on any atom is 0.343 e. The highest BCUT2D eigenvalue weighted by atomic mass is 35.5. The summed E-state index contributed by atoms with van der Waals surface area (Å²) in [7, 11) is 0. The van der Waals surface area contributed by atoms with Crippen molar-refractivity contribution in [1.82, 2.24) is 4.90 Å². The molecular weight excluding hydrogens is 421 g/mol. The average molecular weight is 432 g/mol. The topological polar surface area (TPSA) is 67.6 Å². The molecule has 140 valence electrons. The van der Waals surface area contributed by atoms with Gasteiger partial charge in [0.25, 0.3) is 11.1 Å². The number of carbonyl (C=O) groups excluding carboxylic acids is 2. The highest BCUT2D eigenvalue weighted by molar-refractivity contribution is 8.18. The van der Waals surface area contributed by atoms with E-state index in [1.807, 2.05) is 6.07 Å². The van der Waals surface area contributed by atoms with Crippen LogP contribution in [0.4, 0.5) is 4.79 Å². The van der Waals surface area contributed by atoms with Gasteiger partial charge < -0.3 is 4.42 Å². The molecule has 5 nitrogen and oxygen atoms in total. The maximum atomic E-state index is 12.7. The van der Waals surface area contributed by atoms with Gasteiger partial charge in [0.15, 0.2) is 0 Å². The SMILES string of the molecule is O=C1S/C(=C/c2cc3ccccc3oc2=O)C(=O)N1Cc1ccc(Cl)c(Cl)c1. The van der Waals surface area contributed by atoms with Crippen LogP contribution < -0.4 is 5.63 Å². The van der Waals surface area contributed by atoms with Gasteiger partial charge in [-0.25, -0.2) is 4.79 Å². The summed E-state index contributed by atoms with van der Waals surface area (Å²) >= 11 is 12.7. The molecule has 2 aromatic carbocycles. The summed E-state index contributed by atoms with van der Waals surface area (Å²) in [5.41, 5.74) is 0.759. The van der Waals surface area contributed by atoms with Gasteiger partial charge in [-0.2, -0.15) is 0 Å². The van der Waals surface area contributed by atoms with E-state index >= 15 is 0 Å². The molecule has 0 aliphatic carbocycles. The Kier molecular flexibility index (Phi) is 5.02. The van der Waals surface area contributed by atoms with Gasteiger partial charge in [-0.15, -0.1) is 0 Å². The van der Waals surface area contributed by atoms with E-state index in [0.717, 1.165) is 22.0 Å². The van der Waals surface area contributed by atoms with Gasteiger partial charge in [0.1, 0.15) is 5.58 Å². The Bertz CT molecular complexity index is 1220. The Morgan fingerprint density at radius 2 is 1.79 bits per heavy atom. The average Bonchev–Trinajstić information content (AvgIpc) is 2.93. The third kappa shape index (κ3) is 3.58. The second-order valence-electron chi connectivity index (χ2n) is 6.04. The lowest BCUT2D eigenvalue weighted by Crippen LogP contribution is -2.27. The van der Waals surface area contributed by atoms with Gasteiger partial charge in [0.05, 0.1) is 27.1 Å². The van der Waals surface area contributed by atoms with Crippen LogP contribution in [0, 0.1) is 0 Å². The smallest absolute Gasteiger partial charge is 0.343 e. The zero-order chi connectivity index (χ0) is 19.8. The van der Waals surface area contributed by atoms with Crippen molar-refractivity contribution < 1.29 is 14.0 Å². The number of hydrogen-bond donors (Lipinski definition) is 0. The number of halogens is 2. The minimum Gasteiger partial charge on any atom is -0.422 e. The Morgan fingerprint density at radius 3 is 2.57 bits per heavy atom. The number of carbonyl (C=O) groups is 2. The molecule has 0 N–H and O–H groups in total. The van der Waals surface area contributed by atoms with Crippen LogP contribution in [0.25, 0.3) is 17.0 Å². The lowest BCUT2D eigenvalue weighted by molar-refractivity contribution is -0.123. The van der Waals surface area contributed by atoms with Crippen molar-refractivity contribution in [3.63, 3.8) is 0 Å². The molecule has 28 heavy (non-hydrogen) atoms. The van der Waals surface area contributed by atoms with Crippen molar-refractivity contribution >= 4 is 63.2 Å². The predicted octanol–water partition coefficient (Wildman–Crippen LogP) is 5.34. The number of nitrogens with zero attached hydrogens (tertiary/aromatic N) is 1. The number of benzene rings is 2. The van der Waals surface area contributed by atoms with Gasteiger partial charge in [-0.05, 0) is 47.7 Å². The first kappa shape index (κ1) is 18.8. The molecule has 0 saturated carbocycles. The number of thioether (sulfide) groups is 1. The molecule has 1 aliphatic heterocycles. The normalized spacial score (nSPS) is 15.8. The van der Waals surface area contributed by atoms with Crippen molar-refractivity contribution in [2.75, 3.05) is 0 Å². The molecule has 2 heterocycles. The van der Waals surface area contributed by atoms with E-state index in [9.17, 15) is 14.4 Å². The Hall–Kier alpha value is -2.54. The lowest BCUT2D eigenvalue weighted by atomic mass is 10.1. The van der Waals surface area contributed by atoms with Crippen molar-refractivity contribution in [2.45, 2.75) is 6.54 Å². The highest BCUT2D eigenvalue weighted by Gasteiger charge is 2.35. The summed E-state index contributed by atoms with van der Waals surface area (Å²) in [6.45, 7) is 0.0607. The highest BCUT2D eigenvalue weighted by Crippen LogP contribution is 2.34. The quantitative estimate of drug-likeness (QED) is 0.413. The maximum absolute atomic E-state index is 12.7. The summed E-state index contributed by atoms with van der Waals surface area (Å²) in [5.74, 6) is -0.478. The summed E-state index contributed by atoms with van der Waals surface area (Å²) in [6.07, 6.45) is 1.39. The molecule has 1 fully saturated rings. The number of imide groups is 1. The summed E-state index contributed by atoms with van der Waals surface area (Å²) < 4.78 is 5.27. The van der Waals surface area contributed by atoms with Crippen LogP contribution in [0.3, 0.4) is 0 Å². The molecule has 0 atom stereocenters. The number of fused-ring (bicyclic) bond motifs is 1. The van der Waals surface area contributed by atoms with Crippen molar-refractivity contribution in [1.29, 1.82) is 0 Å². The fraction of sp³-hybridized carbons (Fsp3) is 0.0500. The number of para-hydroxylation sites is 1. The first-order chi connectivity index (χ1) is 13.4. The van der Waals surface area contributed by atoms with Crippen LogP contribution in [-0.4, -0.2) is 16.0 Å². The first-order valence-electron chi connectivity index (χ1n) is 8.14. The molecule has 4 rings (SSSR count). The monoisotopic (exact) mass is 431 g/mol. The number of rotatable bonds is 3. The van der Waals surface area contributed by atoms with Crippen LogP contribution in [-0.2, 0) is 11.3 Å². The Labute approximate surface area is 173 Å². The first-order valence-corrected chi connectivity index (χ1v) is 9.72. The molecule has 2 amide bonds. The molecule has 0 unspecified atom stereocenters. The van der Waals surface area contributed by atoms with Crippen LogP contribution >= 0.6 is 35.0 Å². The zero-order valence-corrected chi connectivity index (χ0v) is 16.5. The van der Waals surface area contributed by atoms with Crippen LogP contribution in [0.15, 0.2) is 62.6 Å². The Balaban J connectivity index is 1.64. The van der Waals surface area contributed by atoms with Crippen LogP contribution in [0.2, 0.25) is 10.0 Å². The molecule has 1 aliphatic rings. The zero-order valence-electron chi connectivity index (χ0n) is 14.1. The second kappa shape index (κ2) is 7.47. The van der Waals surface area contributed by atoms with E-state index in [1.165, 1.54) is 6.08 Å². The van der Waals surface area contributed by atoms with Gasteiger partial charge >= 0.3 is 5.63 Å². The lowest BCUT2D eigenvalue weighted by Gasteiger charge is -2.12. The molecule has 0 bridgehead atoms. The summed E-state index contributed by atoms with van der Waals surface area (Å²) in [4.78, 5) is 38.4. The fourth-order valence-electron chi connectivity index (χ4n) is 2.78. The fourth-order valence-corrected chi connectivity index (χ4v) is 3.93. The third-order valence-electron chi connectivity index (χ3n) is 4.15. The van der Waals surface area contributed by atoms with E-state index in [1.54, 1.807) is 42.5 Å². The van der Waals surface area contributed by atoms with Crippen molar-refractivity contribution in [2.24, 2.45) is 0 Å². The van der Waals surface area contributed by atoms with E-state index in [4.69, 9.17) is 27.6 Å². The third-order valence-corrected chi connectivity index (χ3v) is 5.80.